The van der Waals surface area contributed by atoms with Crippen molar-refractivity contribution in [3.8, 4) is 5.75 Å². The third-order valence-corrected chi connectivity index (χ3v) is 5.40. The summed E-state index contributed by atoms with van der Waals surface area (Å²) in [6.07, 6.45) is 2.06. The number of anilines is 1. The van der Waals surface area contributed by atoms with Gasteiger partial charge in [0.15, 0.2) is 0 Å². The maximum atomic E-state index is 12.5. The molecule has 2 aromatic rings. The Morgan fingerprint density at radius 2 is 1.96 bits per heavy atom. The average Bonchev–Trinajstić information content (AvgIpc) is 3.25. The monoisotopic (exact) mass is 400 g/mol. The fraction of sp³-hybridized carbons (Fsp3) is 0.333. The molecule has 0 aromatic heterocycles. The molecule has 0 saturated carbocycles. The van der Waals surface area contributed by atoms with Gasteiger partial charge in [-0.2, -0.15) is 0 Å². The Hall–Kier alpha value is -2.51. The average molecular weight is 401 g/mol. The molecule has 0 bridgehead atoms. The minimum atomic E-state index is -0.214. The van der Waals surface area contributed by atoms with Crippen LogP contribution in [-0.4, -0.2) is 43.9 Å². The van der Waals surface area contributed by atoms with Crippen LogP contribution in [0.15, 0.2) is 53.4 Å². The summed E-state index contributed by atoms with van der Waals surface area (Å²) < 4.78 is 10.7. The van der Waals surface area contributed by atoms with Crippen molar-refractivity contribution in [1.29, 1.82) is 0 Å². The highest BCUT2D eigenvalue weighted by molar-refractivity contribution is 8.00. The van der Waals surface area contributed by atoms with E-state index < -0.39 is 0 Å². The van der Waals surface area contributed by atoms with Gasteiger partial charge in [-0.25, -0.2) is 0 Å². The van der Waals surface area contributed by atoms with Crippen molar-refractivity contribution in [2.75, 3.05) is 31.3 Å². The van der Waals surface area contributed by atoms with Gasteiger partial charge in [-0.3, -0.25) is 9.59 Å². The molecule has 0 spiro atoms. The zero-order valence-corrected chi connectivity index (χ0v) is 16.6. The zero-order chi connectivity index (χ0) is 19.8. The number of hydrogen-bond acceptors (Lipinski definition) is 5. The molecule has 1 aliphatic heterocycles. The lowest BCUT2D eigenvalue weighted by Crippen LogP contribution is -2.32. The van der Waals surface area contributed by atoms with E-state index in [4.69, 9.17) is 9.47 Å². The highest BCUT2D eigenvalue weighted by Crippen LogP contribution is 2.22. The summed E-state index contributed by atoms with van der Waals surface area (Å²) >= 11 is 1.42. The van der Waals surface area contributed by atoms with E-state index >= 15 is 0 Å². The number of amides is 2. The highest BCUT2D eigenvalue weighted by atomic mass is 32.2. The predicted octanol–water partition coefficient (Wildman–Crippen LogP) is 3.33. The first-order chi connectivity index (χ1) is 13.7. The van der Waals surface area contributed by atoms with E-state index in [1.807, 2.05) is 24.3 Å². The molecule has 0 aliphatic carbocycles. The number of rotatable bonds is 8. The van der Waals surface area contributed by atoms with E-state index in [2.05, 4.69) is 10.6 Å². The van der Waals surface area contributed by atoms with Gasteiger partial charge in [0, 0.05) is 18.0 Å². The number of ether oxygens (including phenoxy) is 2. The molecule has 148 valence electrons. The quantitative estimate of drug-likeness (QED) is 0.665. The van der Waals surface area contributed by atoms with Gasteiger partial charge in [0.1, 0.15) is 5.75 Å². The van der Waals surface area contributed by atoms with Crippen LogP contribution in [0.25, 0.3) is 0 Å². The smallest absolute Gasteiger partial charge is 0.253 e. The van der Waals surface area contributed by atoms with E-state index in [0.29, 0.717) is 17.8 Å². The van der Waals surface area contributed by atoms with Crippen LogP contribution in [0.1, 0.15) is 23.2 Å². The molecule has 1 fully saturated rings. The molecule has 7 heteroatoms. The van der Waals surface area contributed by atoms with E-state index in [9.17, 15) is 9.59 Å². The summed E-state index contributed by atoms with van der Waals surface area (Å²) in [4.78, 5) is 25.8. The van der Waals surface area contributed by atoms with Crippen molar-refractivity contribution in [2.24, 2.45) is 0 Å². The Morgan fingerprint density at radius 3 is 2.68 bits per heavy atom. The number of hydrogen-bond donors (Lipinski definition) is 2. The van der Waals surface area contributed by atoms with Crippen LogP contribution < -0.4 is 15.4 Å². The topological polar surface area (TPSA) is 76.7 Å². The predicted molar refractivity (Wildman–Crippen MR) is 110 cm³/mol. The summed E-state index contributed by atoms with van der Waals surface area (Å²) in [6.45, 7) is 1.23. The van der Waals surface area contributed by atoms with Crippen LogP contribution in [-0.2, 0) is 9.53 Å². The molecule has 3 rings (SSSR count). The zero-order valence-electron chi connectivity index (χ0n) is 15.8. The molecule has 1 atom stereocenters. The highest BCUT2D eigenvalue weighted by Gasteiger charge is 2.18. The lowest BCUT2D eigenvalue weighted by atomic mass is 10.1. The molecule has 1 saturated heterocycles. The van der Waals surface area contributed by atoms with Crippen molar-refractivity contribution in [1.82, 2.24) is 5.32 Å². The van der Waals surface area contributed by atoms with Gasteiger partial charge in [-0.1, -0.05) is 12.1 Å². The Kier molecular flexibility index (Phi) is 7.33. The largest absolute Gasteiger partial charge is 0.497 e. The number of para-hydroxylation sites is 1. The Morgan fingerprint density at radius 1 is 1.18 bits per heavy atom. The van der Waals surface area contributed by atoms with Crippen LogP contribution in [0.5, 0.6) is 5.75 Å². The van der Waals surface area contributed by atoms with Crippen LogP contribution in [0, 0.1) is 0 Å². The van der Waals surface area contributed by atoms with Crippen molar-refractivity contribution < 1.29 is 19.1 Å². The molecule has 2 aromatic carbocycles. The second-order valence-corrected chi connectivity index (χ2v) is 7.45. The van der Waals surface area contributed by atoms with Gasteiger partial charge < -0.3 is 20.1 Å². The summed E-state index contributed by atoms with van der Waals surface area (Å²) in [5, 5.41) is 5.73. The van der Waals surface area contributed by atoms with Crippen LogP contribution in [0.3, 0.4) is 0 Å². The number of nitrogens with one attached hydrogen (secondary N) is 2. The molecule has 0 radical (unpaired) electrons. The number of carbonyl (C=O) groups is 2. The van der Waals surface area contributed by atoms with Gasteiger partial charge in [0.25, 0.3) is 5.91 Å². The molecular weight excluding hydrogens is 376 g/mol. The van der Waals surface area contributed by atoms with Crippen molar-refractivity contribution >= 4 is 29.3 Å². The molecule has 6 nitrogen and oxygen atoms in total. The van der Waals surface area contributed by atoms with Crippen molar-refractivity contribution in [3.63, 3.8) is 0 Å². The molecular formula is C21H24N2O4S. The molecule has 0 unspecified atom stereocenters. The molecule has 1 aliphatic rings. The van der Waals surface area contributed by atoms with E-state index in [0.717, 1.165) is 30.1 Å². The van der Waals surface area contributed by atoms with Gasteiger partial charge in [-0.05, 0) is 49.2 Å². The first kappa shape index (κ1) is 20.2. The number of carbonyl (C=O) groups excluding carboxylic acids is 2. The summed E-state index contributed by atoms with van der Waals surface area (Å²) in [5.74, 6) is 0.643. The van der Waals surface area contributed by atoms with Crippen molar-refractivity contribution in [2.45, 2.75) is 23.8 Å². The van der Waals surface area contributed by atoms with E-state index in [1.165, 1.54) is 11.8 Å². The standard InChI is InChI=1S/C21H24N2O4S/c1-26-15-8-10-17(11-9-15)28-14-20(24)23-19-7-3-2-6-18(19)21(25)22-13-16-5-4-12-27-16/h2-3,6-11,16H,4-5,12-14H2,1H3,(H,22,25)(H,23,24)/t16-/m0/s1. The second kappa shape index (κ2) is 10.1. The van der Waals surface area contributed by atoms with Crippen LogP contribution in [0.2, 0.25) is 0 Å². The third kappa shape index (κ3) is 5.74. The summed E-state index contributed by atoms with van der Waals surface area (Å²) in [7, 11) is 1.62. The van der Waals surface area contributed by atoms with Gasteiger partial charge in [0.2, 0.25) is 5.91 Å². The Bertz CT molecular complexity index is 804. The molecule has 28 heavy (non-hydrogen) atoms. The summed E-state index contributed by atoms with van der Waals surface area (Å²) in [6, 6.07) is 14.5. The van der Waals surface area contributed by atoms with Gasteiger partial charge in [0.05, 0.1) is 30.2 Å². The number of methoxy groups -OCH3 is 1. The minimum Gasteiger partial charge on any atom is -0.497 e. The Balaban J connectivity index is 1.54. The first-order valence-corrected chi connectivity index (χ1v) is 10.2. The molecule has 2 N–H and O–H groups in total. The lowest BCUT2D eigenvalue weighted by Gasteiger charge is -2.13. The van der Waals surface area contributed by atoms with Gasteiger partial charge >= 0.3 is 0 Å². The van der Waals surface area contributed by atoms with Crippen molar-refractivity contribution in [3.05, 3.63) is 54.1 Å². The maximum absolute atomic E-state index is 12.5. The normalized spacial score (nSPS) is 15.8. The second-order valence-electron chi connectivity index (χ2n) is 6.40. The molecule has 2 amide bonds. The number of thioether (sulfide) groups is 1. The number of benzene rings is 2. The summed E-state index contributed by atoms with van der Waals surface area (Å²) in [5.41, 5.74) is 0.955. The minimum absolute atomic E-state index is 0.0756. The fourth-order valence-electron chi connectivity index (χ4n) is 2.90. The Labute approximate surface area is 169 Å². The molecule has 1 heterocycles. The maximum Gasteiger partial charge on any atom is 0.253 e. The van der Waals surface area contributed by atoms with E-state index in [-0.39, 0.29) is 23.7 Å². The fourth-order valence-corrected chi connectivity index (χ4v) is 3.60. The lowest BCUT2D eigenvalue weighted by molar-refractivity contribution is -0.113. The van der Waals surface area contributed by atoms with Crippen LogP contribution in [0.4, 0.5) is 5.69 Å². The van der Waals surface area contributed by atoms with Crippen LogP contribution >= 0.6 is 11.8 Å². The third-order valence-electron chi connectivity index (χ3n) is 4.39. The van der Waals surface area contributed by atoms with E-state index in [1.54, 1.807) is 31.4 Å². The SMILES string of the molecule is COc1ccc(SCC(=O)Nc2ccccc2C(=O)NC[C@@H]2CCCO2)cc1. The first-order valence-electron chi connectivity index (χ1n) is 9.21. The van der Waals surface area contributed by atoms with Gasteiger partial charge in [-0.15, -0.1) is 11.8 Å².